The van der Waals surface area contributed by atoms with Gasteiger partial charge in [0.25, 0.3) is 0 Å². The number of rotatable bonds is 2. The molecule has 84 valence electrons. The van der Waals surface area contributed by atoms with Crippen LogP contribution in [0.1, 0.15) is 20.8 Å². The van der Waals surface area contributed by atoms with E-state index in [2.05, 4.69) is 4.74 Å². The lowest BCUT2D eigenvalue weighted by Gasteiger charge is -2.01. The molecule has 0 aromatic heterocycles. The average Bonchev–Trinajstić information content (AvgIpc) is 2.20. The summed E-state index contributed by atoms with van der Waals surface area (Å²) in [5.41, 5.74) is 0. The van der Waals surface area contributed by atoms with Gasteiger partial charge in [0.05, 0.1) is 12.5 Å². The van der Waals surface area contributed by atoms with E-state index in [1.54, 1.807) is 6.92 Å². The van der Waals surface area contributed by atoms with E-state index >= 15 is 0 Å². The Morgan fingerprint density at radius 1 is 1.33 bits per heavy atom. The Morgan fingerprint density at radius 3 is 2.07 bits per heavy atom. The molecule has 0 fully saturated rings. The van der Waals surface area contributed by atoms with Gasteiger partial charge in [-0.3, -0.25) is 4.79 Å². The Bertz CT molecular complexity index is 270. The zero-order valence-electron chi connectivity index (χ0n) is 9.37. The van der Waals surface area contributed by atoms with Gasteiger partial charge in [-0.15, -0.1) is 0 Å². The summed E-state index contributed by atoms with van der Waals surface area (Å²) in [6.07, 6.45) is 0. The van der Waals surface area contributed by atoms with Crippen LogP contribution in [0.4, 0.5) is 0 Å². The lowest BCUT2D eigenvalue weighted by molar-refractivity contribution is -0.146. The predicted molar refractivity (Wildman–Crippen MR) is 62.9 cm³/mol. The fraction of sp³-hybridized carbons (Fsp3) is 0.417. The monoisotopic (exact) mass is 228 g/mol. The third-order valence-electron chi connectivity index (χ3n) is 1.49. The topological polar surface area (TPSA) is 26.3 Å². The molecule has 0 bridgehead atoms. The van der Waals surface area contributed by atoms with E-state index in [0.717, 1.165) is 5.02 Å². The lowest BCUT2D eigenvalue weighted by Crippen LogP contribution is -2.10. The van der Waals surface area contributed by atoms with Crippen molar-refractivity contribution in [2.75, 3.05) is 6.61 Å². The number of ether oxygens (including phenoxy) is 1. The summed E-state index contributed by atoms with van der Waals surface area (Å²) in [5, 5.41) is 0.794. The van der Waals surface area contributed by atoms with E-state index in [-0.39, 0.29) is 11.9 Å². The number of hydrogen-bond acceptors (Lipinski definition) is 2. The Kier molecular flexibility index (Phi) is 7.74. The normalized spacial score (nSPS) is 9.13. The number of benzene rings is 1. The van der Waals surface area contributed by atoms with Crippen molar-refractivity contribution in [1.29, 1.82) is 0 Å². The quantitative estimate of drug-likeness (QED) is 0.724. The summed E-state index contributed by atoms with van der Waals surface area (Å²) in [7, 11) is 0. The highest BCUT2D eigenvalue weighted by Crippen LogP contribution is 2.03. The first-order valence-electron chi connectivity index (χ1n) is 4.95. The van der Waals surface area contributed by atoms with E-state index < -0.39 is 0 Å². The van der Waals surface area contributed by atoms with Crippen molar-refractivity contribution in [3.8, 4) is 0 Å². The first-order valence-corrected chi connectivity index (χ1v) is 5.33. The number of carbonyl (C=O) groups excluding carboxylic acids is 1. The summed E-state index contributed by atoms with van der Waals surface area (Å²) in [6, 6.07) is 9.44. The second kappa shape index (κ2) is 8.30. The highest BCUT2D eigenvalue weighted by Gasteiger charge is 2.04. The molecule has 0 unspecified atom stereocenters. The second-order valence-corrected chi connectivity index (χ2v) is 3.64. The Hall–Kier alpha value is -1.02. The molecule has 0 heterocycles. The van der Waals surface area contributed by atoms with E-state index in [1.807, 2.05) is 44.2 Å². The average molecular weight is 229 g/mol. The zero-order valence-corrected chi connectivity index (χ0v) is 10.1. The molecule has 15 heavy (non-hydrogen) atoms. The van der Waals surface area contributed by atoms with Gasteiger partial charge in [0.2, 0.25) is 0 Å². The molecule has 0 radical (unpaired) electrons. The van der Waals surface area contributed by atoms with Crippen LogP contribution in [0, 0.1) is 5.92 Å². The van der Waals surface area contributed by atoms with Crippen molar-refractivity contribution in [3.63, 3.8) is 0 Å². The minimum absolute atomic E-state index is 0.00921. The van der Waals surface area contributed by atoms with Gasteiger partial charge in [-0.2, -0.15) is 0 Å². The standard InChI is InChI=1S/C6H5Cl.C6H12O2/c7-6-4-2-1-3-5-6;1-4-8-6(7)5(2)3/h1-5H;5H,4H2,1-3H3. The molecule has 1 aromatic carbocycles. The number of carbonyl (C=O) groups is 1. The molecule has 3 heteroatoms. The number of esters is 1. The Balaban J connectivity index is 0.000000262. The molecule has 1 aromatic rings. The lowest BCUT2D eigenvalue weighted by atomic mass is 10.2. The highest BCUT2D eigenvalue weighted by atomic mass is 35.5. The molecule has 0 aliphatic carbocycles. The molecule has 2 nitrogen and oxygen atoms in total. The largest absolute Gasteiger partial charge is 0.466 e. The minimum Gasteiger partial charge on any atom is -0.466 e. The van der Waals surface area contributed by atoms with Crippen molar-refractivity contribution in [2.24, 2.45) is 5.92 Å². The molecule has 0 amide bonds. The molecule has 0 saturated carbocycles. The van der Waals surface area contributed by atoms with Crippen LogP contribution in [0.3, 0.4) is 0 Å². The molecular weight excluding hydrogens is 212 g/mol. The van der Waals surface area contributed by atoms with Crippen LogP contribution in [-0.4, -0.2) is 12.6 Å². The fourth-order valence-electron chi connectivity index (χ4n) is 0.724. The predicted octanol–water partition coefficient (Wildman–Crippen LogP) is 3.55. The van der Waals surface area contributed by atoms with Crippen LogP contribution in [0.2, 0.25) is 5.02 Å². The van der Waals surface area contributed by atoms with Crippen molar-refractivity contribution in [3.05, 3.63) is 35.4 Å². The summed E-state index contributed by atoms with van der Waals surface area (Å²) >= 11 is 5.54. The summed E-state index contributed by atoms with van der Waals surface area (Å²) in [5.74, 6) is -0.109. The summed E-state index contributed by atoms with van der Waals surface area (Å²) in [4.78, 5) is 10.5. The van der Waals surface area contributed by atoms with Crippen LogP contribution < -0.4 is 0 Å². The van der Waals surface area contributed by atoms with Gasteiger partial charge in [-0.05, 0) is 19.1 Å². The van der Waals surface area contributed by atoms with Crippen LogP contribution in [0.25, 0.3) is 0 Å². The van der Waals surface area contributed by atoms with Gasteiger partial charge >= 0.3 is 5.97 Å². The van der Waals surface area contributed by atoms with Crippen molar-refractivity contribution >= 4 is 17.6 Å². The van der Waals surface area contributed by atoms with Crippen LogP contribution >= 0.6 is 11.6 Å². The third kappa shape index (κ3) is 8.01. The first kappa shape index (κ1) is 14.0. The van der Waals surface area contributed by atoms with Gasteiger partial charge in [-0.25, -0.2) is 0 Å². The van der Waals surface area contributed by atoms with Gasteiger partial charge in [-0.1, -0.05) is 43.6 Å². The van der Waals surface area contributed by atoms with Crippen LogP contribution in [-0.2, 0) is 9.53 Å². The van der Waals surface area contributed by atoms with E-state index in [4.69, 9.17) is 11.6 Å². The van der Waals surface area contributed by atoms with Crippen molar-refractivity contribution < 1.29 is 9.53 Å². The van der Waals surface area contributed by atoms with Crippen molar-refractivity contribution in [2.45, 2.75) is 20.8 Å². The van der Waals surface area contributed by atoms with Crippen LogP contribution in [0.5, 0.6) is 0 Å². The maximum absolute atomic E-state index is 10.5. The van der Waals surface area contributed by atoms with Gasteiger partial charge in [0.1, 0.15) is 0 Å². The maximum Gasteiger partial charge on any atom is 0.308 e. The van der Waals surface area contributed by atoms with E-state index in [1.165, 1.54) is 0 Å². The fourth-order valence-corrected chi connectivity index (χ4v) is 0.869. The van der Waals surface area contributed by atoms with Crippen molar-refractivity contribution in [1.82, 2.24) is 0 Å². The molecule has 1 rings (SSSR count). The zero-order chi connectivity index (χ0) is 11.7. The molecule has 0 aliphatic rings. The Labute approximate surface area is 96.2 Å². The smallest absolute Gasteiger partial charge is 0.308 e. The summed E-state index contributed by atoms with van der Waals surface area (Å²) < 4.78 is 4.66. The molecule has 0 spiro atoms. The van der Waals surface area contributed by atoms with E-state index in [9.17, 15) is 4.79 Å². The molecule has 0 aliphatic heterocycles. The van der Waals surface area contributed by atoms with Gasteiger partial charge < -0.3 is 4.74 Å². The van der Waals surface area contributed by atoms with Gasteiger partial charge in [0, 0.05) is 5.02 Å². The Morgan fingerprint density at radius 2 is 1.87 bits per heavy atom. The van der Waals surface area contributed by atoms with Crippen LogP contribution in [0.15, 0.2) is 30.3 Å². The second-order valence-electron chi connectivity index (χ2n) is 3.20. The third-order valence-corrected chi connectivity index (χ3v) is 1.74. The van der Waals surface area contributed by atoms with Gasteiger partial charge in [0.15, 0.2) is 0 Å². The highest BCUT2D eigenvalue weighted by molar-refractivity contribution is 6.30. The number of halogens is 1. The van der Waals surface area contributed by atoms with E-state index in [0.29, 0.717) is 6.61 Å². The number of hydrogen-bond donors (Lipinski definition) is 0. The summed E-state index contributed by atoms with van der Waals surface area (Å²) in [6.45, 7) is 5.92. The maximum atomic E-state index is 10.5. The molecular formula is C12H17ClO2. The SMILES string of the molecule is CCOC(=O)C(C)C.Clc1ccccc1. The molecule has 0 saturated heterocycles. The minimum atomic E-state index is -0.118. The first-order chi connectivity index (χ1) is 7.07. The molecule has 0 atom stereocenters. The molecule has 0 N–H and O–H groups in total.